The molecule has 3 heteroatoms. The molecule has 1 fully saturated rings. The molecule has 1 N–H and O–H groups in total. The van der Waals surface area contributed by atoms with E-state index >= 15 is 0 Å². The number of carbonyl (C=O) groups is 1. The highest BCUT2D eigenvalue weighted by atomic mass is 16.2. The summed E-state index contributed by atoms with van der Waals surface area (Å²) in [6.07, 6.45) is 1.12. The van der Waals surface area contributed by atoms with E-state index in [1.54, 1.807) is 0 Å². The van der Waals surface area contributed by atoms with Gasteiger partial charge in [-0.25, -0.2) is 4.79 Å². The van der Waals surface area contributed by atoms with E-state index in [1.807, 2.05) is 18.7 Å². The molecule has 0 aromatic carbocycles. The van der Waals surface area contributed by atoms with Crippen LogP contribution in [0.25, 0.3) is 0 Å². The van der Waals surface area contributed by atoms with Gasteiger partial charge in [0.05, 0.1) is 0 Å². The molecule has 1 aliphatic rings. The maximum atomic E-state index is 11.8. The third kappa shape index (κ3) is 2.86. The lowest BCUT2D eigenvalue weighted by molar-refractivity contribution is 0.186. The monoisotopic (exact) mass is 212 g/mol. The number of rotatable bonds is 2. The maximum Gasteiger partial charge on any atom is 0.317 e. The summed E-state index contributed by atoms with van der Waals surface area (Å²) >= 11 is 0. The van der Waals surface area contributed by atoms with Gasteiger partial charge in [0, 0.05) is 19.1 Å². The highest BCUT2D eigenvalue weighted by molar-refractivity contribution is 5.74. The van der Waals surface area contributed by atoms with E-state index < -0.39 is 0 Å². The van der Waals surface area contributed by atoms with E-state index in [4.69, 9.17) is 0 Å². The zero-order chi connectivity index (χ0) is 11.6. The van der Waals surface area contributed by atoms with Crippen molar-refractivity contribution in [1.82, 2.24) is 10.2 Å². The van der Waals surface area contributed by atoms with Crippen LogP contribution in [0.15, 0.2) is 0 Å². The van der Waals surface area contributed by atoms with Gasteiger partial charge in [-0.3, -0.25) is 0 Å². The Hall–Kier alpha value is -0.730. The van der Waals surface area contributed by atoms with Crippen molar-refractivity contribution in [2.45, 2.75) is 47.1 Å². The van der Waals surface area contributed by atoms with Gasteiger partial charge in [-0.15, -0.1) is 0 Å². The molecule has 0 bridgehead atoms. The van der Waals surface area contributed by atoms with Crippen molar-refractivity contribution in [2.75, 3.05) is 13.1 Å². The fourth-order valence-electron chi connectivity index (χ4n) is 1.97. The number of amides is 2. The lowest BCUT2D eigenvalue weighted by atomic mass is 9.79. The summed E-state index contributed by atoms with van der Waals surface area (Å²) in [4.78, 5) is 13.7. The van der Waals surface area contributed by atoms with Crippen LogP contribution in [0.4, 0.5) is 4.79 Å². The van der Waals surface area contributed by atoms with E-state index in [0.29, 0.717) is 11.3 Å². The highest BCUT2D eigenvalue weighted by Crippen LogP contribution is 2.36. The molecular weight excluding hydrogens is 188 g/mol. The molecule has 1 aliphatic heterocycles. The van der Waals surface area contributed by atoms with Crippen LogP contribution in [-0.2, 0) is 0 Å². The second-order valence-corrected chi connectivity index (χ2v) is 5.58. The Morgan fingerprint density at radius 3 is 2.33 bits per heavy atom. The number of hydrogen-bond donors (Lipinski definition) is 1. The first-order valence-electron chi connectivity index (χ1n) is 5.90. The van der Waals surface area contributed by atoms with Crippen LogP contribution in [0.1, 0.15) is 41.0 Å². The Morgan fingerprint density at radius 2 is 1.93 bits per heavy atom. The molecule has 88 valence electrons. The molecule has 0 saturated carbocycles. The topological polar surface area (TPSA) is 32.3 Å². The molecule has 0 aliphatic carbocycles. The smallest absolute Gasteiger partial charge is 0.317 e. The molecule has 2 amide bonds. The largest absolute Gasteiger partial charge is 0.336 e. The second kappa shape index (κ2) is 4.42. The molecule has 1 saturated heterocycles. The van der Waals surface area contributed by atoms with Gasteiger partial charge in [-0.2, -0.15) is 0 Å². The van der Waals surface area contributed by atoms with Crippen molar-refractivity contribution in [3.63, 3.8) is 0 Å². The summed E-state index contributed by atoms with van der Waals surface area (Å²) < 4.78 is 0. The molecule has 0 spiro atoms. The van der Waals surface area contributed by atoms with Crippen LogP contribution in [0.2, 0.25) is 0 Å². The Morgan fingerprint density at radius 1 is 1.33 bits per heavy atom. The molecule has 15 heavy (non-hydrogen) atoms. The Balaban J connectivity index is 2.52. The van der Waals surface area contributed by atoms with Crippen molar-refractivity contribution in [3.8, 4) is 0 Å². The number of carbonyl (C=O) groups excluding carboxylic acids is 1. The predicted octanol–water partition coefficient (Wildman–Crippen LogP) is 2.47. The molecule has 0 aromatic rings. The van der Waals surface area contributed by atoms with Gasteiger partial charge < -0.3 is 10.2 Å². The molecule has 1 atom stereocenters. The fourth-order valence-corrected chi connectivity index (χ4v) is 1.97. The predicted molar refractivity (Wildman–Crippen MR) is 62.8 cm³/mol. The van der Waals surface area contributed by atoms with Crippen molar-refractivity contribution >= 4 is 6.03 Å². The standard InChI is InChI=1S/C12H24N2O/c1-9(2)12(5)6-7-14(8-12)11(15)13-10(3)4/h9-10H,6-8H2,1-5H3,(H,13,15)/t12-/m1/s1. The first kappa shape index (κ1) is 12.3. The van der Waals surface area contributed by atoms with Crippen molar-refractivity contribution in [2.24, 2.45) is 11.3 Å². The maximum absolute atomic E-state index is 11.8. The molecule has 0 aromatic heterocycles. The van der Waals surface area contributed by atoms with Crippen LogP contribution in [0.3, 0.4) is 0 Å². The SMILES string of the molecule is CC(C)NC(=O)N1CC[C@@](C)(C(C)C)C1. The van der Waals surface area contributed by atoms with Gasteiger partial charge in [0.2, 0.25) is 0 Å². The first-order valence-corrected chi connectivity index (χ1v) is 5.90. The number of hydrogen-bond acceptors (Lipinski definition) is 1. The molecule has 0 radical (unpaired) electrons. The van der Waals surface area contributed by atoms with Gasteiger partial charge in [0.25, 0.3) is 0 Å². The van der Waals surface area contributed by atoms with Gasteiger partial charge in [0.15, 0.2) is 0 Å². The summed E-state index contributed by atoms with van der Waals surface area (Å²) in [7, 11) is 0. The Labute approximate surface area is 93.2 Å². The van der Waals surface area contributed by atoms with Crippen LogP contribution in [-0.4, -0.2) is 30.1 Å². The van der Waals surface area contributed by atoms with Crippen LogP contribution in [0.5, 0.6) is 0 Å². The average Bonchev–Trinajstić information content (AvgIpc) is 2.48. The van der Waals surface area contributed by atoms with Gasteiger partial charge in [0.1, 0.15) is 0 Å². The molecular formula is C12H24N2O. The van der Waals surface area contributed by atoms with E-state index in [0.717, 1.165) is 19.5 Å². The lowest BCUT2D eigenvalue weighted by Crippen LogP contribution is -2.42. The summed E-state index contributed by atoms with van der Waals surface area (Å²) in [5, 5.41) is 2.95. The van der Waals surface area contributed by atoms with Crippen molar-refractivity contribution < 1.29 is 4.79 Å². The summed E-state index contributed by atoms with van der Waals surface area (Å²) in [5.74, 6) is 0.634. The molecule has 1 rings (SSSR count). The summed E-state index contributed by atoms with van der Waals surface area (Å²) in [5.41, 5.74) is 0.300. The van der Waals surface area contributed by atoms with Crippen LogP contribution in [0, 0.1) is 11.3 Å². The first-order chi connectivity index (χ1) is 6.85. The second-order valence-electron chi connectivity index (χ2n) is 5.58. The third-order valence-corrected chi connectivity index (χ3v) is 3.60. The highest BCUT2D eigenvalue weighted by Gasteiger charge is 2.38. The van der Waals surface area contributed by atoms with Crippen LogP contribution >= 0.6 is 0 Å². The van der Waals surface area contributed by atoms with E-state index in [2.05, 4.69) is 26.1 Å². The Kier molecular flexibility index (Phi) is 3.63. The number of nitrogens with zero attached hydrogens (tertiary/aromatic N) is 1. The quantitative estimate of drug-likeness (QED) is 0.749. The third-order valence-electron chi connectivity index (χ3n) is 3.60. The molecule has 0 unspecified atom stereocenters. The summed E-state index contributed by atoms with van der Waals surface area (Å²) in [6, 6.07) is 0.317. The number of nitrogens with one attached hydrogen (secondary N) is 1. The minimum absolute atomic E-state index is 0.0920. The zero-order valence-electron chi connectivity index (χ0n) is 10.6. The normalized spacial score (nSPS) is 26.5. The van der Waals surface area contributed by atoms with Crippen molar-refractivity contribution in [1.29, 1.82) is 0 Å². The summed E-state index contributed by atoms with van der Waals surface area (Å²) in [6.45, 7) is 12.5. The lowest BCUT2D eigenvalue weighted by Gasteiger charge is -2.29. The zero-order valence-corrected chi connectivity index (χ0v) is 10.6. The minimum atomic E-state index is 0.0920. The minimum Gasteiger partial charge on any atom is -0.336 e. The van der Waals surface area contributed by atoms with E-state index in [-0.39, 0.29) is 12.1 Å². The van der Waals surface area contributed by atoms with Crippen LogP contribution < -0.4 is 5.32 Å². The van der Waals surface area contributed by atoms with E-state index in [1.165, 1.54) is 0 Å². The van der Waals surface area contributed by atoms with Gasteiger partial charge in [-0.1, -0.05) is 20.8 Å². The van der Waals surface area contributed by atoms with Gasteiger partial charge >= 0.3 is 6.03 Å². The molecule has 3 nitrogen and oxygen atoms in total. The average molecular weight is 212 g/mol. The van der Waals surface area contributed by atoms with Crippen molar-refractivity contribution in [3.05, 3.63) is 0 Å². The van der Waals surface area contributed by atoms with Gasteiger partial charge in [-0.05, 0) is 31.6 Å². The molecule has 1 heterocycles. The van der Waals surface area contributed by atoms with E-state index in [9.17, 15) is 4.79 Å². The fraction of sp³-hybridized carbons (Fsp3) is 0.917. The number of likely N-dealkylation sites (tertiary alicyclic amines) is 1. The number of urea groups is 1. The Bertz CT molecular complexity index is 238.